The Bertz CT molecular complexity index is 873. The molecule has 0 bridgehead atoms. The first-order chi connectivity index (χ1) is 13.7. The molecule has 1 atom stereocenters. The van der Waals surface area contributed by atoms with Gasteiger partial charge in [-0.15, -0.1) is 11.3 Å². The molecule has 5 nitrogen and oxygen atoms in total. The Kier molecular flexibility index (Phi) is 4.99. The zero-order valence-corrected chi connectivity index (χ0v) is 17.6. The number of amides is 1. The van der Waals surface area contributed by atoms with Crippen LogP contribution in [-0.2, 0) is 17.6 Å². The van der Waals surface area contributed by atoms with Crippen molar-refractivity contribution in [3.8, 4) is 0 Å². The summed E-state index contributed by atoms with van der Waals surface area (Å²) in [4.78, 5) is 29.4. The molecule has 0 aromatic carbocycles. The van der Waals surface area contributed by atoms with E-state index in [9.17, 15) is 4.79 Å². The van der Waals surface area contributed by atoms with Crippen molar-refractivity contribution in [1.29, 1.82) is 0 Å². The van der Waals surface area contributed by atoms with Gasteiger partial charge in [-0.2, -0.15) is 0 Å². The molecule has 6 heteroatoms. The van der Waals surface area contributed by atoms with Crippen LogP contribution in [0.4, 0.5) is 5.82 Å². The van der Waals surface area contributed by atoms with Crippen molar-refractivity contribution < 1.29 is 4.79 Å². The summed E-state index contributed by atoms with van der Waals surface area (Å²) in [5.41, 5.74) is 1.50. The van der Waals surface area contributed by atoms with E-state index < -0.39 is 0 Å². The van der Waals surface area contributed by atoms with Crippen molar-refractivity contribution in [2.24, 2.45) is 11.8 Å². The van der Waals surface area contributed by atoms with Gasteiger partial charge >= 0.3 is 0 Å². The lowest BCUT2D eigenvalue weighted by Crippen LogP contribution is -2.38. The number of thiophene rings is 1. The number of fused-ring (bicyclic) bond motifs is 3. The van der Waals surface area contributed by atoms with Crippen molar-refractivity contribution in [3.63, 3.8) is 0 Å². The number of aryl methyl sites for hydroxylation is 1. The molecule has 1 amide bonds. The normalized spacial score (nSPS) is 23.8. The molecule has 2 aromatic rings. The molecular weight excluding hydrogens is 368 g/mol. The molecular formula is C22H30N4OS. The Hall–Kier alpha value is -1.69. The molecule has 5 rings (SSSR count). The molecule has 0 spiro atoms. The van der Waals surface area contributed by atoms with Crippen LogP contribution in [0.2, 0.25) is 0 Å². The van der Waals surface area contributed by atoms with E-state index >= 15 is 0 Å². The predicted molar refractivity (Wildman–Crippen MR) is 114 cm³/mol. The van der Waals surface area contributed by atoms with Crippen LogP contribution in [0.3, 0.4) is 0 Å². The molecule has 28 heavy (non-hydrogen) atoms. The lowest BCUT2D eigenvalue weighted by molar-refractivity contribution is -0.135. The van der Waals surface area contributed by atoms with Crippen LogP contribution >= 0.6 is 11.3 Å². The zero-order valence-electron chi connectivity index (χ0n) is 16.8. The Morgan fingerprint density at radius 2 is 1.93 bits per heavy atom. The molecule has 2 aromatic heterocycles. The SMILES string of the molecule is C[C@@H]1CCc2c(sc3ncnc(N4CCCN(C(=O)C5CCCC5)CC4)c23)C1. The fourth-order valence-electron chi connectivity index (χ4n) is 5.28. The lowest BCUT2D eigenvalue weighted by atomic mass is 9.89. The summed E-state index contributed by atoms with van der Waals surface area (Å²) >= 11 is 1.87. The Labute approximate surface area is 171 Å². The van der Waals surface area contributed by atoms with Crippen LogP contribution in [0.15, 0.2) is 6.33 Å². The predicted octanol–water partition coefficient (Wildman–Crippen LogP) is 4.05. The fraction of sp³-hybridized carbons (Fsp3) is 0.682. The zero-order chi connectivity index (χ0) is 19.1. The summed E-state index contributed by atoms with van der Waals surface area (Å²) in [6, 6.07) is 0. The molecule has 150 valence electrons. The molecule has 0 radical (unpaired) electrons. The third-order valence-electron chi connectivity index (χ3n) is 6.88. The van der Waals surface area contributed by atoms with Gasteiger partial charge in [0.05, 0.1) is 5.39 Å². The van der Waals surface area contributed by atoms with Crippen molar-refractivity contribution >= 4 is 33.3 Å². The van der Waals surface area contributed by atoms with E-state index in [2.05, 4.69) is 21.7 Å². The maximum Gasteiger partial charge on any atom is 0.225 e. The summed E-state index contributed by atoms with van der Waals surface area (Å²) in [5, 5.41) is 1.30. The summed E-state index contributed by atoms with van der Waals surface area (Å²) in [5.74, 6) is 2.55. The van der Waals surface area contributed by atoms with Gasteiger partial charge in [-0.1, -0.05) is 19.8 Å². The highest BCUT2D eigenvalue weighted by molar-refractivity contribution is 7.19. The quantitative estimate of drug-likeness (QED) is 0.766. The number of aromatic nitrogens is 2. The van der Waals surface area contributed by atoms with Crippen molar-refractivity contribution in [2.75, 3.05) is 31.1 Å². The van der Waals surface area contributed by atoms with E-state index in [0.29, 0.717) is 5.91 Å². The molecule has 2 aliphatic carbocycles. The first kappa shape index (κ1) is 18.3. The van der Waals surface area contributed by atoms with Gasteiger partial charge in [0.15, 0.2) is 0 Å². The minimum atomic E-state index is 0.281. The number of hydrogen-bond acceptors (Lipinski definition) is 5. The van der Waals surface area contributed by atoms with Crippen molar-refractivity contribution in [1.82, 2.24) is 14.9 Å². The molecule has 3 aliphatic rings. The van der Waals surface area contributed by atoms with Gasteiger partial charge in [-0.25, -0.2) is 9.97 Å². The van der Waals surface area contributed by atoms with Crippen LogP contribution in [0, 0.1) is 11.8 Å². The third kappa shape index (κ3) is 3.30. The van der Waals surface area contributed by atoms with Crippen LogP contribution in [0.25, 0.3) is 10.2 Å². The second-order valence-electron chi connectivity index (χ2n) is 8.88. The average Bonchev–Trinajstić information content (AvgIpc) is 3.28. The molecule has 1 saturated heterocycles. The van der Waals surface area contributed by atoms with Gasteiger partial charge in [0, 0.05) is 37.0 Å². The Balaban J connectivity index is 1.39. The Morgan fingerprint density at radius 1 is 1.07 bits per heavy atom. The topological polar surface area (TPSA) is 49.3 Å². The summed E-state index contributed by atoms with van der Waals surface area (Å²) in [7, 11) is 0. The fourth-order valence-corrected chi connectivity index (χ4v) is 6.62. The number of anilines is 1. The highest BCUT2D eigenvalue weighted by Crippen LogP contribution is 2.40. The van der Waals surface area contributed by atoms with Crippen molar-refractivity contribution in [2.45, 2.75) is 58.3 Å². The van der Waals surface area contributed by atoms with Gasteiger partial charge in [0.25, 0.3) is 0 Å². The third-order valence-corrected chi connectivity index (χ3v) is 8.05. The smallest absolute Gasteiger partial charge is 0.225 e. The second-order valence-corrected chi connectivity index (χ2v) is 9.96. The number of carbonyl (C=O) groups is 1. The standard InChI is InChI=1S/C22H30N4OS/c1-15-7-8-17-18(13-15)28-21-19(17)20(23-14-24-21)25-9-4-10-26(12-11-25)22(27)16-5-2-3-6-16/h14-16H,2-13H2,1H3/t15-/m1/s1. The summed E-state index contributed by atoms with van der Waals surface area (Å²) in [6.07, 6.45) is 11.0. The van der Waals surface area contributed by atoms with Gasteiger partial charge in [-0.05, 0) is 50.0 Å². The molecule has 2 fully saturated rings. The van der Waals surface area contributed by atoms with E-state index in [-0.39, 0.29) is 5.92 Å². The van der Waals surface area contributed by atoms with Crippen LogP contribution < -0.4 is 4.90 Å². The number of carbonyl (C=O) groups excluding carboxylic acids is 1. The molecule has 1 aliphatic heterocycles. The average molecular weight is 399 g/mol. The summed E-state index contributed by atoms with van der Waals surface area (Å²) < 4.78 is 0. The van der Waals surface area contributed by atoms with E-state index in [4.69, 9.17) is 4.98 Å². The second kappa shape index (κ2) is 7.62. The summed E-state index contributed by atoms with van der Waals surface area (Å²) in [6.45, 7) is 5.92. The minimum absolute atomic E-state index is 0.281. The van der Waals surface area contributed by atoms with Gasteiger partial charge < -0.3 is 9.80 Å². The van der Waals surface area contributed by atoms with E-state index in [1.807, 2.05) is 11.3 Å². The monoisotopic (exact) mass is 398 g/mol. The van der Waals surface area contributed by atoms with Crippen molar-refractivity contribution in [3.05, 3.63) is 16.8 Å². The number of hydrogen-bond donors (Lipinski definition) is 0. The van der Waals surface area contributed by atoms with E-state index in [1.165, 1.54) is 41.5 Å². The van der Waals surface area contributed by atoms with E-state index in [1.54, 1.807) is 6.33 Å². The maximum absolute atomic E-state index is 12.9. The molecule has 0 unspecified atom stereocenters. The molecule has 3 heterocycles. The minimum Gasteiger partial charge on any atom is -0.354 e. The number of rotatable bonds is 2. The van der Waals surface area contributed by atoms with Gasteiger partial charge in [0.1, 0.15) is 17.0 Å². The molecule has 0 N–H and O–H groups in total. The maximum atomic E-state index is 12.9. The van der Waals surface area contributed by atoms with Gasteiger partial charge in [-0.3, -0.25) is 4.79 Å². The lowest BCUT2D eigenvalue weighted by Gasteiger charge is -2.25. The first-order valence-corrected chi connectivity index (χ1v) is 11.8. The van der Waals surface area contributed by atoms with Crippen LogP contribution in [0.1, 0.15) is 55.9 Å². The first-order valence-electron chi connectivity index (χ1n) is 11.0. The number of nitrogens with zero attached hydrogens (tertiary/aromatic N) is 4. The Morgan fingerprint density at radius 3 is 2.79 bits per heavy atom. The highest BCUT2D eigenvalue weighted by atomic mass is 32.1. The molecule has 1 saturated carbocycles. The van der Waals surface area contributed by atoms with E-state index in [0.717, 1.165) is 68.4 Å². The van der Waals surface area contributed by atoms with Gasteiger partial charge in [0.2, 0.25) is 5.91 Å². The highest BCUT2D eigenvalue weighted by Gasteiger charge is 2.30. The van der Waals surface area contributed by atoms with Crippen LogP contribution in [0.5, 0.6) is 0 Å². The van der Waals surface area contributed by atoms with Crippen LogP contribution in [-0.4, -0.2) is 47.0 Å². The largest absolute Gasteiger partial charge is 0.354 e.